The number of nitrogens with zero attached hydrogens (tertiary/aromatic N) is 6. The van der Waals surface area contributed by atoms with Gasteiger partial charge in [0.15, 0.2) is 5.65 Å². The van der Waals surface area contributed by atoms with Crippen molar-refractivity contribution in [2.24, 2.45) is 7.05 Å². The third kappa shape index (κ3) is 4.43. The Kier molecular flexibility index (Phi) is 5.99. The molecule has 0 bridgehead atoms. The van der Waals surface area contributed by atoms with E-state index in [4.69, 9.17) is 4.98 Å². The van der Waals surface area contributed by atoms with Crippen LogP contribution in [-0.4, -0.2) is 41.3 Å². The Hall–Kier alpha value is -4.86. The third-order valence-corrected chi connectivity index (χ3v) is 5.91. The molecular formula is C26H24N8O2. The van der Waals surface area contributed by atoms with E-state index in [-0.39, 0.29) is 11.8 Å². The molecular weight excluding hydrogens is 456 g/mol. The lowest BCUT2D eigenvalue weighted by molar-refractivity contribution is -0.119. The number of nitrogens with one attached hydrogen (secondary N) is 2. The number of aromatic nitrogens is 6. The van der Waals surface area contributed by atoms with Crippen molar-refractivity contribution in [3.63, 3.8) is 0 Å². The lowest BCUT2D eigenvalue weighted by Crippen LogP contribution is -2.24. The summed E-state index contributed by atoms with van der Waals surface area (Å²) in [5, 5.41) is 15.0. The number of carbonyl (C=O) groups excluding carboxylic acids is 2. The van der Waals surface area contributed by atoms with Crippen LogP contribution in [0.1, 0.15) is 29.0 Å². The van der Waals surface area contributed by atoms with E-state index < -0.39 is 6.04 Å². The van der Waals surface area contributed by atoms with Gasteiger partial charge in [-0.05, 0) is 44.2 Å². The van der Waals surface area contributed by atoms with E-state index in [0.717, 1.165) is 11.3 Å². The first kappa shape index (κ1) is 22.9. The molecule has 0 aliphatic heterocycles. The summed E-state index contributed by atoms with van der Waals surface area (Å²) in [5.41, 5.74) is 4.65. The summed E-state index contributed by atoms with van der Waals surface area (Å²) >= 11 is 0. The molecule has 3 heterocycles. The zero-order valence-corrected chi connectivity index (χ0v) is 20.0. The van der Waals surface area contributed by atoms with Crippen LogP contribution in [0.5, 0.6) is 0 Å². The minimum Gasteiger partial charge on any atom is -0.324 e. The second-order valence-electron chi connectivity index (χ2n) is 8.40. The fourth-order valence-electron chi connectivity index (χ4n) is 4.00. The molecule has 2 aromatic carbocycles. The number of hydrogen-bond donors (Lipinski definition) is 2. The van der Waals surface area contributed by atoms with E-state index in [1.807, 2.05) is 44.3 Å². The van der Waals surface area contributed by atoms with Crippen LogP contribution < -0.4 is 10.6 Å². The molecule has 0 aliphatic rings. The number of fused-ring (bicyclic) bond motifs is 1. The van der Waals surface area contributed by atoms with E-state index in [0.29, 0.717) is 33.7 Å². The fraction of sp³-hybridized carbons (Fsp3) is 0.154. The molecule has 3 aromatic heterocycles. The quantitative estimate of drug-likeness (QED) is 0.379. The van der Waals surface area contributed by atoms with Crippen molar-refractivity contribution in [3.05, 3.63) is 84.6 Å². The summed E-state index contributed by atoms with van der Waals surface area (Å²) in [6.45, 7) is 3.60. The molecule has 0 saturated heterocycles. The lowest BCUT2D eigenvalue weighted by Gasteiger charge is -2.13. The number of amides is 2. The first-order valence-electron chi connectivity index (χ1n) is 11.4. The van der Waals surface area contributed by atoms with Crippen LogP contribution in [0.2, 0.25) is 0 Å². The van der Waals surface area contributed by atoms with Gasteiger partial charge in [0.25, 0.3) is 5.91 Å². The van der Waals surface area contributed by atoms with Crippen molar-refractivity contribution < 1.29 is 9.59 Å². The summed E-state index contributed by atoms with van der Waals surface area (Å²) in [6, 6.07) is 17.9. The minimum atomic E-state index is -0.512. The number of hydrogen-bond acceptors (Lipinski definition) is 6. The Morgan fingerprint density at radius 2 is 1.67 bits per heavy atom. The van der Waals surface area contributed by atoms with Crippen molar-refractivity contribution in [2.75, 3.05) is 10.6 Å². The molecule has 0 radical (unpaired) electrons. The van der Waals surface area contributed by atoms with E-state index >= 15 is 0 Å². The van der Waals surface area contributed by atoms with Gasteiger partial charge in [-0.2, -0.15) is 10.2 Å². The van der Waals surface area contributed by atoms with Gasteiger partial charge in [-0.1, -0.05) is 30.3 Å². The summed E-state index contributed by atoms with van der Waals surface area (Å²) in [6.07, 6.45) is 2.87. The monoisotopic (exact) mass is 480 g/mol. The molecule has 10 heteroatoms. The summed E-state index contributed by atoms with van der Waals surface area (Å²) < 4.78 is 3.16. The van der Waals surface area contributed by atoms with E-state index in [9.17, 15) is 9.59 Å². The second-order valence-corrected chi connectivity index (χ2v) is 8.40. The minimum absolute atomic E-state index is 0.225. The molecule has 1 unspecified atom stereocenters. The Morgan fingerprint density at radius 1 is 0.972 bits per heavy atom. The average Bonchev–Trinajstić information content (AvgIpc) is 3.53. The maximum atomic E-state index is 13.4. The van der Waals surface area contributed by atoms with Gasteiger partial charge in [0, 0.05) is 24.0 Å². The van der Waals surface area contributed by atoms with Gasteiger partial charge in [-0.25, -0.2) is 14.6 Å². The highest BCUT2D eigenvalue weighted by molar-refractivity contribution is 6.13. The van der Waals surface area contributed by atoms with Gasteiger partial charge < -0.3 is 10.6 Å². The Labute approximate surface area is 207 Å². The van der Waals surface area contributed by atoms with Crippen LogP contribution in [0.15, 0.2) is 73.3 Å². The van der Waals surface area contributed by atoms with Crippen LogP contribution >= 0.6 is 0 Å². The maximum absolute atomic E-state index is 13.4. The molecule has 2 amide bonds. The predicted octanol–water partition coefficient (Wildman–Crippen LogP) is 3.99. The summed E-state index contributed by atoms with van der Waals surface area (Å²) in [7, 11) is 1.82. The molecule has 5 rings (SSSR count). The van der Waals surface area contributed by atoms with Crippen molar-refractivity contribution in [1.82, 2.24) is 29.5 Å². The molecule has 5 aromatic rings. The van der Waals surface area contributed by atoms with E-state index in [2.05, 4.69) is 25.8 Å². The van der Waals surface area contributed by atoms with Crippen molar-refractivity contribution >= 4 is 34.2 Å². The fourth-order valence-corrected chi connectivity index (χ4v) is 4.00. The van der Waals surface area contributed by atoms with Crippen molar-refractivity contribution in [3.8, 4) is 11.3 Å². The molecule has 180 valence electrons. The standard InChI is InChI=1S/C26H24N8O2/c1-16-23-21(13-22(18-7-5-4-6-8-18)31-24(23)33(3)32-16)26(36)30-20-11-9-19(10-12-20)29-25(35)17(2)34-15-27-14-28-34/h4-15,17H,1-3H3,(H,29,35)(H,30,36). The van der Waals surface area contributed by atoms with E-state index in [1.165, 1.54) is 17.3 Å². The van der Waals surface area contributed by atoms with E-state index in [1.54, 1.807) is 41.9 Å². The first-order valence-corrected chi connectivity index (χ1v) is 11.4. The summed E-state index contributed by atoms with van der Waals surface area (Å²) in [4.78, 5) is 34.5. The largest absolute Gasteiger partial charge is 0.324 e. The number of pyridine rings is 1. The maximum Gasteiger partial charge on any atom is 0.256 e. The van der Waals surface area contributed by atoms with Crippen molar-refractivity contribution in [1.29, 1.82) is 0 Å². The molecule has 0 fully saturated rings. The predicted molar refractivity (Wildman–Crippen MR) is 136 cm³/mol. The van der Waals surface area contributed by atoms with Crippen LogP contribution in [0, 0.1) is 6.92 Å². The van der Waals surface area contributed by atoms with Crippen molar-refractivity contribution in [2.45, 2.75) is 19.9 Å². The Balaban J connectivity index is 1.38. The van der Waals surface area contributed by atoms with Crippen LogP contribution in [0.25, 0.3) is 22.3 Å². The normalized spacial score (nSPS) is 11.9. The van der Waals surface area contributed by atoms with Crippen LogP contribution in [0.3, 0.4) is 0 Å². The highest BCUT2D eigenvalue weighted by atomic mass is 16.2. The molecule has 0 saturated carbocycles. The van der Waals surface area contributed by atoms with Gasteiger partial charge in [-0.15, -0.1) is 0 Å². The molecule has 2 N–H and O–H groups in total. The van der Waals surface area contributed by atoms with Gasteiger partial charge in [-0.3, -0.25) is 14.3 Å². The topological polar surface area (TPSA) is 120 Å². The Bertz CT molecular complexity index is 1540. The molecule has 36 heavy (non-hydrogen) atoms. The highest BCUT2D eigenvalue weighted by Gasteiger charge is 2.20. The zero-order valence-electron chi connectivity index (χ0n) is 20.0. The number of aryl methyl sites for hydroxylation is 2. The Morgan fingerprint density at radius 3 is 2.33 bits per heavy atom. The smallest absolute Gasteiger partial charge is 0.256 e. The highest BCUT2D eigenvalue weighted by Crippen LogP contribution is 2.27. The molecule has 0 spiro atoms. The molecule has 0 aliphatic carbocycles. The summed E-state index contributed by atoms with van der Waals surface area (Å²) in [5.74, 6) is -0.496. The number of rotatable bonds is 6. The molecule has 10 nitrogen and oxygen atoms in total. The van der Waals surface area contributed by atoms with Gasteiger partial charge in [0.2, 0.25) is 5.91 Å². The molecule has 1 atom stereocenters. The zero-order chi connectivity index (χ0) is 25.2. The second kappa shape index (κ2) is 9.41. The number of carbonyl (C=O) groups is 2. The number of benzene rings is 2. The number of anilines is 2. The van der Waals surface area contributed by atoms with Crippen LogP contribution in [-0.2, 0) is 11.8 Å². The first-order chi connectivity index (χ1) is 17.4. The average molecular weight is 481 g/mol. The lowest BCUT2D eigenvalue weighted by atomic mass is 10.0. The van der Waals surface area contributed by atoms with Gasteiger partial charge in [0.05, 0.1) is 22.3 Å². The SMILES string of the molecule is Cc1nn(C)c2nc(-c3ccccc3)cc(C(=O)Nc3ccc(NC(=O)C(C)n4cncn4)cc3)c12. The van der Waals surface area contributed by atoms with Gasteiger partial charge >= 0.3 is 0 Å². The van der Waals surface area contributed by atoms with Gasteiger partial charge in [0.1, 0.15) is 18.7 Å². The van der Waals surface area contributed by atoms with Crippen LogP contribution in [0.4, 0.5) is 11.4 Å². The third-order valence-electron chi connectivity index (χ3n) is 5.91.